The first-order valence-corrected chi connectivity index (χ1v) is 8.11. The summed E-state index contributed by atoms with van der Waals surface area (Å²) in [5, 5.41) is 11.8. The minimum absolute atomic E-state index is 0.0306. The van der Waals surface area contributed by atoms with Gasteiger partial charge in [-0.25, -0.2) is 12.8 Å². The van der Waals surface area contributed by atoms with Crippen LogP contribution in [0.25, 0.3) is 0 Å². The zero-order valence-electron chi connectivity index (χ0n) is 11.0. The van der Waals surface area contributed by atoms with Crippen molar-refractivity contribution >= 4 is 15.7 Å². The van der Waals surface area contributed by atoms with Gasteiger partial charge < -0.3 is 10.4 Å². The fourth-order valence-corrected chi connectivity index (χ4v) is 3.61. The summed E-state index contributed by atoms with van der Waals surface area (Å²) in [4.78, 5) is 11.9. The lowest BCUT2D eigenvalue weighted by molar-refractivity contribution is 0.0942. The van der Waals surface area contributed by atoms with Gasteiger partial charge in [0, 0.05) is 18.4 Å². The van der Waals surface area contributed by atoms with E-state index in [1.807, 2.05) is 0 Å². The van der Waals surface area contributed by atoms with Crippen molar-refractivity contribution in [2.75, 3.05) is 12.8 Å². The molecular weight excluding hydrogens is 285 g/mol. The molecule has 2 N–H and O–H groups in total. The van der Waals surface area contributed by atoms with Gasteiger partial charge in [0.1, 0.15) is 0 Å². The molecule has 7 heteroatoms. The fraction of sp³-hybridized carbons (Fsp3) is 0.462. The lowest BCUT2D eigenvalue weighted by Gasteiger charge is -2.39. The number of rotatable bonds is 4. The van der Waals surface area contributed by atoms with E-state index in [2.05, 4.69) is 5.32 Å². The van der Waals surface area contributed by atoms with Crippen molar-refractivity contribution in [3.8, 4) is 5.75 Å². The fourth-order valence-electron chi connectivity index (χ4n) is 2.25. The number of phenols is 1. The topological polar surface area (TPSA) is 83.5 Å². The second-order valence-electron chi connectivity index (χ2n) is 5.16. The lowest BCUT2D eigenvalue weighted by Crippen LogP contribution is -2.53. The van der Waals surface area contributed by atoms with Crippen LogP contribution in [0.1, 0.15) is 29.6 Å². The van der Waals surface area contributed by atoms with E-state index in [4.69, 9.17) is 0 Å². The molecule has 1 aliphatic rings. The molecule has 1 amide bonds. The minimum Gasteiger partial charge on any atom is -0.505 e. The highest BCUT2D eigenvalue weighted by molar-refractivity contribution is 7.92. The molecule has 1 fully saturated rings. The van der Waals surface area contributed by atoms with E-state index in [9.17, 15) is 22.7 Å². The highest BCUT2D eigenvalue weighted by atomic mass is 32.2. The highest BCUT2D eigenvalue weighted by Gasteiger charge is 2.46. The van der Waals surface area contributed by atoms with Gasteiger partial charge in [0.25, 0.3) is 5.91 Å². The van der Waals surface area contributed by atoms with Crippen molar-refractivity contribution in [2.45, 2.75) is 24.0 Å². The molecule has 5 nitrogen and oxygen atoms in total. The molecule has 0 heterocycles. The maximum absolute atomic E-state index is 12.9. The Hall–Kier alpha value is -1.63. The van der Waals surface area contributed by atoms with Crippen LogP contribution < -0.4 is 5.32 Å². The molecule has 0 aromatic heterocycles. The highest BCUT2D eigenvalue weighted by Crippen LogP contribution is 2.38. The van der Waals surface area contributed by atoms with E-state index < -0.39 is 32.1 Å². The summed E-state index contributed by atoms with van der Waals surface area (Å²) in [5.74, 6) is -1.96. The van der Waals surface area contributed by atoms with E-state index >= 15 is 0 Å². The summed E-state index contributed by atoms with van der Waals surface area (Å²) < 4.78 is 35.5. The zero-order chi connectivity index (χ0) is 15.0. The molecule has 1 aliphatic carbocycles. The molecule has 0 saturated heterocycles. The van der Waals surface area contributed by atoms with Crippen molar-refractivity contribution in [3.05, 3.63) is 29.6 Å². The Bertz CT molecular complexity index is 638. The molecular formula is C13H16FNO4S. The first-order valence-electron chi connectivity index (χ1n) is 6.21. The molecule has 110 valence electrons. The van der Waals surface area contributed by atoms with Crippen LogP contribution in [-0.4, -0.2) is 37.0 Å². The SMILES string of the molecule is CS(=O)(=O)C1(CNC(=O)c2ccc(F)c(O)c2)CCC1. The third-order valence-corrected chi connectivity index (χ3v) is 5.96. The average molecular weight is 301 g/mol. The van der Waals surface area contributed by atoms with Crippen molar-refractivity contribution < 1.29 is 22.7 Å². The predicted molar refractivity (Wildman–Crippen MR) is 71.8 cm³/mol. The number of aromatic hydroxyl groups is 1. The summed E-state index contributed by atoms with van der Waals surface area (Å²) in [5.41, 5.74) is 0.0897. The van der Waals surface area contributed by atoms with Crippen LogP contribution in [0.5, 0.6) is 5.75 Å². The molecule has 2 rings (SSSR count). The van der Waals surface area contributed by atoms with Crippen molar-refractivity contribution in [3.63, 3.8) is 0 Å². The Labute approximate surface area is 116 Å². The standard InChI is InChI=1S/C13H16FNO4S/c1-20(18,19)13(5-2-6-13)8-15-12(17)9-3-4-10(14)11(16)7-9/h3-4,7,16H,2,5-6,8H2,1H3,(H,15,17). The summed E-state index contributed by atoms with van der Waals surface area (Å²) in [6, 6.07) is 3.23. The number of sulfone groups is 1. The second-order valence-corrected chi connectivity index (χ2v) is 7.57. The van der Waals surface area contributed by atoms with Crippen LogP contribution in [0.2, 0.25) is 0 Å². The van der Waals surface area contributed by atoms with Crippen LogP contribution in [0, 0.1) is 5.82 Å². The summed E-state index contributed by atoms with van der Waals surface area (Å²) >= 11 is 0. The third-order valence-electron chi connectivity index (χ3n) is 3.83. The van der Waals surface area contributed by atoms with Crippen LogP contribution in [0.15, 0.2) is 18.2 Å². The molecule has 0 bridgehead atoms. The number of carbonyl (C=O) groups excluding carboxylic acids is 1. The maximum atomic E-state index is 12.9. The van der Waals surface area contributed by atoms with Crippen molar-refractivity contribution in [2.24, 2.45) is 0 Å². The van der Waals surface area contributed by atoms with Crippen molar-refractivity contribution in [1.82, 2.24) is 5.32 Å². The van der Waals surface area contributed by atoms with Gasteiger partial charge in [0.05, 0.1) is 4.75 Å². The lowest BCUT2D eigenvalue weighted by atomic mass is 9.84. The number of nitrogens with one attached hydrogen (secondary N) is 1. The average Bonchev–Trinajstić information content (AvgIpc) is 2.29. The molecule has 1 saturated carbocycles. The number of halogens is 1. The van der Waals surface area contributed by atoms with Crippen LogP contribution in [0.3, 0.4) is 0 Å². The van der Waals surface area contributed by atoms with Gasteiger partial charge in [0.15, 0.2) is 21.4 Å². The predicted octanol–water partition coefficient (Wildman–Crippen LogP) is 1.23. The largest absolute Gasteiger partial charge is 0.505 e. The smallest absolute Gasteiger partial charge is 0.251 e. The van der Waals surface area contributed by atoms with E-state index in [0.29, 0.717) is 12.8 Å². The first-order chi connectivity index (χ1) is 9.25. The van der Waals surface area contributed by atoms with Gasteiger partial charge in [-0.1, -0.05) is 6.42 Å². The van der Waals surface area contributed by atoms with Gasteiger partial charge in [-0.3, -0.25) is 4.79 Å². The molecule has 1 aromatic carbocycles. The Balaban J connectivity index is 2.07. The van der Waals surface area contributed by atoms with Gasteiger partial charge in [-0.05, 0) is 31.0 Å². The summed E-state index contributed by atoms with van der Waals surface area (Å²) in [6.07, 6.45) is 3.05. The number of benzene rings is 1. The normalized spacial score (nSPS) is 17.3. The van der Waals surface area contributed by atoms with Crippen LogP contribution >= 0.6 is 0 Å². The number of carbonyl (C=O) groups is 1. The summed E-state index contributed by atoms with van der Waals surface area (Å²) in [7, 11) is -3.24. The van der Waals surface area contributed by atoms with Gasteiger partial charge in [-0.15, -0.1) is 0 Å². The second kappa shape index (κ2) is 5.05. The number of phenolic OH excluding ortho intramolecular Hbond substituents is 1. The molecule has 0 radical (unpaired) electrons. The van der Waals surface area contributed by atoms with E-state index in [1.165, 1.54) is 12.3 Å². The molecule has 1 aromatic rings. The Morgan fingerprint density at radius 1 is 1.45 bits per heavy atom. The van der Waals surface area contributed by atoms with E-state index in [0.717, 1.165) is 18.6 Å². The van der Waals surface area contributed by atoms with Crippen LogP contribution in [-0.2, 0) is 9.84 Å². The Kier molecular flexibility index (Phi) is 3.73. The summed E-state index contributed by atoms with van der Waals surface area (Å²) in [6.45, 7) is 0.0306. The molecule has 0 atom stereocenters. The van der Waals surface area contributed by atoms with Gasteiger partial charge >= 0.3 is 0 Å². The molecule has 20 heavy (non-hydrogen) atoms. The maximum Gasteiger partial charge on any atom is 0.251 e. The Morgan fingerprint density at radius 3 is 2.55 bits per heavy atom. The van der Waals surface area contributed by atoms with E-state index in [1.54, 1.807) is 0 Å². The number of amides is 1. The number of hydrogen-bond acceptors (Lipinski definition) is 4. The van der Waals surface area contributed by atoms with Crippen LogP contribution in [0.4, 0.5) is 4.39 Å². The third kappa shape index (κ3) is 2.63. The quantitative estimate of drug-likeness (QED) is 0.876. The molecule has 0 spiro atoms. The van der Waals surface area contributed by atoms with Gasteiger partial charge in [0.2, 0.25) is 0 Å². The van der Waals surface area contributed by atoms with Crippen molar-refractivity contribution in [1.29, 1.82) is 0 Å². The first kappa shape index (κ1) is 14.8. The Morgan fingerprint density at radius 2 is 2.10 bits per heavy atom. The van der Waals surface area contributed by atoms with E-state index in [-0.39, 0.29) is 12.1 Å². The molecule has 0 unspecified atom stereocenters. The van der Waals surface area contributed by atoms with Gasteiger partial charge in [-0.2, -0.15) is 0 Å². The monoisotopic (exact) mass is 301 g/mol. The minimum atomic E-state index is -3.24. The zero-order valence-corrected chi connectivity index (χ0v) is 11.8. The number of hydrogen-bond donors (Lipinski definition) is 2. The molecule has 0 aliphatic heterocycles.